The molecule has 1 amide bonds. The number of carbonyl (C=O) groups excluding carboxylic acids is 1. The predicted octanol–water partition coefficient (Wildman–Crippen LogP) is 2.01. The van der Waals surface area contributed by atoms with E-state index in [9.17, 15) is 9.90 Å². The molecule has 20 heavy (non-hydrogen) atoms. The van der Waals surface area contributed by atoms with Gasteiger partial charge in [-0.15, -0.1) is 0 Å². The molecule has 0 aromatic carbocycles. The molecule has 114 valence electrons. The van der Waals surface area contributed by atoms with Crippen molar-refractivity contribution in [2.75, 3.05) is 20.2 Å². The quantitative estimate of drug-likeness (QED) is 0.831. The van der Waals surface area contributed by atoms with Crippen molar-refractivity contribution in [3.63, 3.8) is 0 Å². The smallest absolute Gasteiger partial charge is 0.245 e. The van der Waals surface area contributed by atoms with Crippen molar-refractivity contribution in [1.29, 1.82) is 0 Å². The molecule has 0 radical (unpaired) electrons. The largest absolute Gasteiger partial charge is 0.396 e. The van der Waals surface area contributed by atoms with Gasteiger partial charge in [-0.1, -0.05) is 13.8 Å². The summed E-state index contributed by atoms with van der Waals surface area (Å²) in [7, 11) is 1.81. The molecular formula is C15H27N3O2. The van der Waals surface area contributed by atoms with Crippen molar-refractivity contribution in [2.24, 2.45) is 5.41 Å². The normalized spacial score (nSPS) is 13.3. The third kappa shape index (κ3) is 3.39. The minimum Gasteiger partial charge on any atom is -0.396 e. The van der Waals surface area contributed by atoms with Gasteiger partial charge in [-0.3, -0.25) is 4.79 Å². The summed E-state index contributed by atoms with van der Waals surface area (Å²) < 4.78 is 1.87. The zero-order valence-electron chi connectivity index (χ0n) is 13.3. The molecule has 0 spiro atoms. The standard InChI is InChI=1S/C15H27N3O2/c1-6-15(7-2,11-19)10-17(5)14(20)12(3)18-9-8-16-13(18)4/h8-9,12,19H,6-7,10-11H2,1-5H3. The number of rotatable bonds is 7. The molecule has 0 saturated carbocycles. The minimum absolute atomic E-state index is 0.0471. The second kappa shape index (κ2) is 6.88. The maximum atomic E-state index is 12.5. The molecule has 0 saturated heterocycles. The van der Waals surface area contributed by atoms with Gasteiger partial charge in [0.15, 0.2) is 0 Å². The van der Waals surface area contributed by atoms with Crippen LogP contribution >= 0.6 is 0 Å². The summed E-state index contributed by atoms with van der Waals surface area (Å²) in [5.41, 5.74) is -0.200. The number of imidazole rings is 1. The number of aliphatic hydroxyl groups excluding tert-OH is 1. The van der Waals surface area contributed by atoms with E-state index in [0.29, 0.717) is 6.54 Å². The van der Waals surface area contributed by atoms with Crippen LogP contribution in [0.15, 0.2) is 12.4 Å². The highest BCUT2D eigenvalue weighted by atomic mass is 16.3. The van der Waals surface area contributed by atoms with Crippen LogP contribution in [0.4, 0.5) is 0 Å². The average Bonchev–Trinajstić information content (AvgIpc) is 2.89. The van der Waals surface area contributed by atoms with E-state index in [2.05, 4.69) is 18.8 Å². The maximum Gasteiger partial charge on any atom is 0.245 e. The van der Waals surface area contributed by atoms with Gasteiger partial charge >= 0.3 is 0 Å². The van der Waals surface area contributed by atoms with E-state index in [4.69, 9.17) is 0 Å². The van der Waals surface area contributed by atoms with Gasteiger partial charge in [-0.2, -0.15) is 0 Å². The van der Waals surface area contributed by atoms with Crippen molar-refractivity contribution in [1.82, 2.24) is 14.5 Å². The zero-order valence-corrected chi connectivity index (χ0v) is 13.3. The molecule has 0 bridgehead atoms. The van der Waals surface area contributed by atoms with Gasteiger partial charge in [0.05, 0.1) is 6.61 Å². The van der Waals surface area contributed by atoms with Gasteiger partial charge < -0.3 is 14.6 Å². The molecule has 0 aliphatic carbocycles. The maximum absolute atomic E-state index is 12.5. The first-order valence-corrected chi connectivity index (χ1v) is 7.26. The number of aromatic nitrogens is 2. The van der Waals surface area contributed by atoms with Gasteiger partial charge in [0, 0.05) is 31.4 Å². The summed E-state index contributed by atoms with van der Waals surface area (Å²) in [4.78, 5) is 18.4. The third-order valence-electron chi connectivity index (χ3n) is 4.42. The summed E-state index contributed by atoms with van der Waals surface area (Å²) in [6, 6.07) is -0.271. The number of hydrogen-bond acceptors (Lipinski definition) is 3. The molecule has 0 aliphatic rings. The van der Waals surface area contributed by atoms with E-state index in [0.717, 1.165) is 18.7 Å². The van der Waals surface area contributed by atoms with Crippen LogP contribution in [0.1, 0.15) is 45.5 Å². The summed E-state index contributed by atoms with van der Waals surface area (Å²) in [6.07, 6.45) is 5.24. The molecule has 1 unspecified atom stereocenters. The monoisotopic (exact) mass is 281 g/mol. The summed E-state index contributed by atoms with van der Waals surface area (Å²) in [6.45, 7) is 8.57. The van der Waals surface area contributed by atoms with Crippen LogP contribution in [-0.4, -0.2) is 45.7 Å². The molecule has 1 heterocycles. The second-order valence-corrected chi connectivity index (χ2v) is 5.62. The van der Waals surface area contributed by atoms with E-state index in [1.54, 1.807) is 18.1 Å². The Bertz CT molecular complexity index is 430. The highest BCUT2D eigenvalue weighted by Crippen LogP contribution is 2.27. The van der Waals surface area contributed by atoms with Crippen molar-refractivity contribution in [3.8, 4) is 0 Å². The number of amides is 1. The number of aryl methyl sites for hydroxylation is 1. The fraction of sp³-hybridized carbons (Fsp3) is 0.733. The van der Waals surface area contributed by atoms with E-state index >= 15 is 0 Å². The predicted molar refractivity (Wildman–Crippen MR) is 79.4 cm³/mol. The highest BCUT2D eigenvalue weighted by Gasteiger charge is 2.30. The molecule has 1 aromatic heterocycles. The Kier molecular flexibility index (Phi) is 5.74. The zero-order chi connectivity index (χ0) is 15.3. The van der Waals surface area contributed by atoms with Crippen molar-refractivity contribution >= 4 is 5.91 Å². The fourth-order valence-corrected chi connectivity index (χ4v) is 2.56. The van der Waals surface area contributed by atoms with E-state index in [1.165, 1.54) is 0 Å². The Balaban J connectivity index is 2.79. The Morgan fingerprint density at radius 1 is 1.50 bits per heavy atom. The Morgan fingerprint density at radius 2 is 2.10 bits per heavy atom. The molecule has 1 N–H and O–H groups in total. The van der Waals surface area contributed by atoms with Gasteiger partial charge in [-0.25, -0.2) is 4.98 Å². The van der Waals surface area contributed by atoms with Crippen LogP contribution in [0.5, 0.6) is 0 Å². The molecule has 1 rings (SSSR count). The summed E-state index contributed by atoms with van der Waals surface area (Å²) >= 11 is 0. The first-order chi connectivity index (χ1) is 9.40. The number of aliphatic hydroxyl groups is 1. The molecule has 0 aliphatic heterocycles. The van der Waals surface area contributed by atoms with Crippen LogP contribution in [0.2, 0.25) is 0 Å². The second-order valence-electron chi connectivity index (χ2n) is 5.62. The van der Waals surface area contributed by atoms with Crippen LogP contribution in [0.25, 0.3) is 0 Å². The van der Waals surface area contributed by atoms with E-state index in [1.807, 2.05) is 24.6 Å². The Hall–Kier alpha value is -1.36. The average molecular weight is 281 g/mol. The van der Waals surface area contributed by atoms with Gasteiger partial charge in [0.1, 0.15) is 11.9 Å². The number of likely N-dealkylation sites (N-methyl/N-ethyl adjacent to an activating group) is 1. The number of nitrogens with zero attached hydrogens (tertiary/aromatic N) is 3. The molecule has 5 heteroatoms. The third-order valence-corrected chi connectivity index (χ3v) is 4.42. The Morgan fingerprint density at radius 3 is 2.50 bits per heavy atom. The molecule has 1 atom stereocenters. The molecule has 0 fully saturated rings. The summed E-state index contributed by atoms with van der Waals surface area (Å²) in [5.74, 6) is 0.879. The lowest BCUT2D eigenvalue weighted by molar-refractivity contribution is -0.135. The number of carbonyl (C=O) groups is 1. The number of hydrogen-bond donors (Lipinski definition) is 1. The van der Waals surface area contributed by atoms with Crippen LogP contribution in [-0.2, 0) is 4.79 Å². The van der Waals surface area contributed by atoms with Crippen molar-refractivity contribution in [3.05, 3.63) is 18.2 Å². The molecule has 1 aromatic rings. The van der Waals surface area contributed by atoms with E-state index in [-0.39, 0.29) is 24.0 Å². The highest BCUT2D eigenvalue weighted by molar-refractivity contribution is 5.80. The van der Waals surface area contributed by atoms with Gasteiger partial charge in [-0.05, 0) is 26.7 Å². The van der Waals surface area contributed by atoms with Gasteiger partial charge in [0.2, 0.25) is 5.91 Å². The van der Waals surface area contributed by atoms with Crippen molar-refractivity contribution in [2.45, 2.75) is 46.6 Å². The van der Waals surface area contributed by atoms with Gasteiger partial charge in [0.25, 0.3) is 0 Å². The van der Waals surface area contributed by atoms with Crippen LogP contribution in [0.3, 0.4) is 0 Å². The lowest BCUT2D eigenvalue weighted by Gasteiger charge is -2.35. The minimum atomic E-state index is -0.271. The van der Waals surface area contributed by atoms with Crippen LogP contribution in [0, 0.1) is 12.3 Å². The van der Waals surface area contributed by atoms with Crippen LogP contribution < -0.4 is 0 Å². The molecular weight excluding hydrogens is 254 g/mol. The van der Waals surface area contributed by atoms with Crippen molar-refractivity contribution < 1.29 is 9.90 Å². The first-order valence-electron chi connectivity index (χ1n) is 7.26. The lowest BCUT2D eigenvalue weighted by atomic mass is 9.82. The summed E-state index contributed by atoms with van der Waals surface area (Å²) in [5, 5.41) is 9.62. The topological polar surface area (TPSA) is 58.4 Å². The lowest BCUT2D eigenvalue weighted by Crippen LogP contribution is -2.43. The fourth-order valence-electron chi connectivity index (χ4n) is 2.56. The Labute approximate surface area is 121 Å². The molecule has 5 nitrogen and oxygen atoms in total. The first kappa shape index (κ1) is 16.7. The SMILES string of the molecule is CCC(CC)(CO)CN(C)C(=O)C(C)n1ccnc1C. The van der Waals surface area contributed by atoms with E-state index < -0.39 is 0 Å².